The minimum Gasteiger partial charge on any atom is -0.365 e. The third-order valence-electron chi connectivity index (χ3n) is 3.90. The number of para-hydroxylation sites is 1. The Labute approximate surface area is 123 Å². The summed E-state index contributed by atoms with van der Waals surface area (Å²) in [6.07, 6.45) is 1.61. The van der Waals surface area contributed by atoms with Crippen LogP contribution in [0.1, 0.15) is 16.7 Å². The van der Waals surface area contributed by atoms with E-state index in [0.29, 0.717) is 0 Å². The molecule has 0 radical (unpaired) electrons. The topological polar surface area (TPSA) is 49.8 Å². The highest BCUT2D eigenvalue weighted by molar-refractivity contribution is 5.88. The molecule has 1 aliphatic rings. The molecule has 0 spiro atoms. The van der Waals surface area contributed by atoms with Gasteiger partial charge in [0, 0.05) is 25.0 Å². The molecule has 2 heterocycles. The molecule has 104 valence electrons. The van der Waals surface area contributed by atoms with Gasteiger partial charge in [-0.1, -0.05) is 30.3 Å². The molecule has 4 heteroatoms. The summed E-state index contributed by atoms with van der Waals surface area (Å²) in [5, 5.41) is 7.85. The largest absolute Gasteiger partial charge is 0.365 e. The molecule has 4 nitrogen and oxygen atoms in total. The van der Waals surface area contributed by atoms with E-state index < -0.39 is 0 Å². The second-order valence-electron chi connectivity index (χ2n) is 5.30. The Morgan fingerprint density at radius 2 is 1.90 bits per heavy atom. The Kier molecular flexibility index (Phi) is 3.01. The molecule has 21 heavy (non-hydrogen) atoms. The Bertz CT molecular complexity index is 792. The van der Waals surface area contributed by atoms with Crippen LogP contribution in [-0.4, -0.2) is 9.97 Å². The summed E-state index contributed by atoms with van der Waals surface area (Å²) in [7, 11) is 0. The van der Waals surface area contributed by atoms with Crippen LogP contribution >= 0.6 is 0 Å². The SMILES string of the molecule is c1ccc2c(NCc3ccc4c(c3)CNC4)ncnc2c1. The van der Waals surface area contributed by atoms with E-state index in [0.717, 1.165) is 36.4 Å². The highest BCUT2D eigenvalue weighted by atomic mass is 15.0. The lowest BCUT2D eigenvalue weighted by Gasteiger charge is -2.09. The maximum absolute atomic E-state index is 4.36. The Morgan fingerprint density at radius 3 is 2.90 bits per heavy atom. The third kappa shape index (κ3) is 2.34. The van der Waals surface area contributed by atoms with E-state index in [1.807, 2.05) is 24.3 Å². The predicted octanol–water partition coefficient (Wildman–Crippen LogP) is 2.85. The Hall–Kier alpha value is -2.46. The van der Waals surface area contributed by atoms with Crippen LogP contribution in [0, 0.1) is 0 Å². The van der Waals surface area contributed by atoms with Crippen LogP contribution in [0.15, 0.2) is 48.8 Å². The monoisotopic (exact) mass is 276 g/mol. The molecule has 0 atom stereocenters. The van der Waals surface area contributed by atoms with Crippen LogP contribution in [0.2, 0.25) is 0 Å². The number of hydrogen-bond acceptors (Lipinski definition) is 4. The number of benzene rings is 2. The number of nitrogens with one attached hydrogen (secondary N) is 2. The smallest absolute Gasteiger partial charge is 0.137 e. The van der Waals surface area contributed by atoms with Crippen LogP contribution in [0.5, 0.6) is 0 Å². The molecule has 0 saturated carbocycles. The lowest BCUT2D eigenvalue weighted by Crippen LogP contribution is -2.03. The number of fused-ring (bicyclic) bond motifs is 2. The predicted molar refractivity (Wildman–Crippen MR) is 83.9 cm³/mol. The molecule has 1 aliphatic heterocycles. The van der Waals surface area contributed by atoms with Gasteiger partial charge in [0.15, 0.2) is 0 Å². The summed E-state index contributed by atoms with van der Waals surface area (Å²) in [6, 6.07) is 14.7. The van der Waals surface area contributed by atoms with E-state index in [1.54, 1.807) is 6.33 Å². The fourth-order valence-electron chi connectivity index (χ4n) is 2.79. The van der Waals surface area contributed by atoms with Gasteiger partial charge in [-0.15, -0.1) is 0 Å². The summed E-state index contributed by atoms with van der Waals surface area (Å²) in [4.78, 5) is 8.64. The molecule has 3 aromatic rings. The molecule has 1 aromatic heterocycles. The molecule has 0 bridgehead atoms. The van der Waals surface area contributed by atoms with Gasteiger partial charge < -0.3 is 10.6 Å². The molecule has 0 fully saturated rings. The van der Waals surface area contributed by atoms with Crippen LogP contribution < -0.4 is 10.6 Å². The molecule has 4 rings (SSSR count). The summed E-state index contributed by atoms with van der Waals surface area (Å²) in [5.74, 6) is 0.888. The Morgan fingerprint density at radius 1 is 1.00 bits per heavy atom. The van der Waals surface area contributed by atoms with Crippen molar-refractivity contribution in [2.45, 2.75) is 19.6 Å². The lowest BCUT2D eigenvalue weighted by molar-refractivity contribution is 0.764. The van der Waals surface area contributed by atoms with E-state index in [1.165, 1.54) is 16.7 Å². The molecule has 0 unspecified atom stereocenters. The lowest BCUT2D eigenvalue weighted by atomic mass is 10.1. The highest BCUT2D eigenvalue weighted by Crippen LogP contribution is 2.21. The molecule has 0 aliphatic carbocycles. The van der Waals surface area contributed by atoms with Crippen LogP contribution in [0.3, 0.4) is 0 Å². The van der Waals surface area contributed by atoms with Crippen LogP contribution in [0.4, 0.5) is 5.82 Å². The van der Waals surface area contributed by atoms with E-state index in [4.69, 9.17) is 0 Å². The van der Waals surface area contributed by atoms with E-state index >= 15 is 0 Å². The second kappa shape index (κ2) is 5.14. The van der Waals surface area contributed by atoms with Crippen LogP contribution in [0.25, 0.3) is 10.9 Å². The summed E-state index contributed by atoms with van der Waals surface area (Å²) < 4.78 is 0. The first-order valence-electron chi connectivity index (χ1n) is 7.15. The maximum Gasteiger partial charge on any atom is 0.137 e. The normalized spacial score (nSPS) is 13.3. The molecular formula is C17H16N4. The van der Waals surface area contributed by atoms with Gasteiger partial charge in [0.1, 0.15) is 12.1 Å². The van der Waals surface area contributed by atoms with Gasteiger partial charge >= 0.3 is 0 Å². The first kappa shape index (κ1) is 12.3. The molecule has 2 aromatic carbocycles. The third-order valence-corrected chi connectivity index (χ3v) is 3.90. The zero-order chi connectivity index (χ0) is 14.1. The number of anilines is 1. The molecule has 2 N–H and O–H groups in total. The van der Waals surface area contributed by atoms with E-state index in [9.17, 15) is 0 Å². The average molecular weight is 276 g/mol. The number of aromatic nitrogens is 2. The first-order chi connectivity index (χ1) is 10.4. The average Bonchev–Trinajstić information content (AvgIpc) is 3.00. The minimum atomic E-state index is 0.772. The summed E-state index contributed by atoms with van der Waals surface area (Å²) in [5.41, 5.74) is 5.06. The van der Waals surface area contributed by atoms with Gasteiger partial charge in [-0.3, -0.25) is 0 Å². The minimum absolute atomic E-state index is 0.772. The summed E-state index contributed by atoms with van der Waals surface area (Å²) in [6.45, 7) is 2.73. The van der Waals surface area contributed by atoms with Crippen molar-refractivity contribution in [3.63, 3.8) is 0 Å². The maximum atomic E-state index is 4.36. The van der Waals surface area contributed by atoms with Crippen molar-refractivity contribution in [1.82, 2.24) is 15.3 Å². The van der Waals surface area contributed by atoms with Crippen molar-refractivity contribution in [3.05, 3.63) is 65.5 Å². The van der Waals surface area contributed by atoms with E-state index in [-0.39, 0.29) is 0 Å². The zero-order valence-corrected chi connectivity index (χ0v) is 11.6. The summed E-state index contributed by atoms with van der Waals surface area (Å²) >= 11 is 0. The van der Waals surface area contributed by atoms with Gasteiger partial charge in [-0.2, -0.15) is 0 Å². The van der Waals surface area contributed by atoms with Gasteiger partial charge in [0.2, 0.25) is 0 Å². The van der Waals surface area contributed by atoms with Crippen molar-refractivity contribution in [1.29, 1.82) is 0 Å². The number of nitrogens with zero attached hydrogens (tertiary/aromatic N) is 2. The van der Waals surface area contributed by atoms with Crippen LogP contribution in [-0.2, 0) is 19.6 Å². The first-order valence-corrected chi connectivity index (χ1v) is 7.15. The fourth-order valence-corrected chi connectivity index (χ4v) is 2.79. The molecule has 0 amide bonds. The van der Waals surface area contributed by atoms with Crippen molar-refractivity contribution in [2.24, 2.45) is 0 Å². The zero-order valence-electron chi connectivity index (χ0n) is 11.6. The highest BCUT2D eigenvalue weighted by Gasteiger charge is 2.10. The van der Waals surface area contributed by atoms with Crippen molar-refractivity contribution >= 4 is 16.7 Å². The quantitative estimate of drug-likeness (QED) is 0.772. The fraction of sp³-hybridized carbons (Fsp3) is 0.176. The standard InChI is InChI=1S/C17H16N4/c1-2-4-16-15(3-1)17(21-11-20-16)19-8-12-5-6-13-9-18-10-14(13)7-12/h1-7,11,18H,8-10H2,(H,19,20,21). The van der Waals surface area contributed by atoms with Gasteiger partial charge in [0.25, 0.3) is 0 Å². The van der Waals surface area contributed by atoms with Crippen molar-refractivity contribution in [2.75, 3.05) is 5.32 Å². The molecule has 0 saturated heterocycles. The molecular weight excluding hydrogens is 260 g/mol. The Balaban J connectivity index is 1.58. The van der Waals surface area contributed by atoms with E-state index in [2.05, 4.69) is 38.8 Å². The second-order valence-corrected chi connectivity index (χ2v) is 5.30. The van der Waals surface area contributed by atoms with Crippen molar-refractivity contribution < 1.29 is 0 Å². The number of rotatable bonds is 3. The van der Waals surface area contributed by atoms with Crippen molar-refractivity contribution in [3.8, 4) is 0 Å². The number of hydrogen-bond donors (Lipinski definition) is 2. The van der Waals surface area contributed by atoms with Gasteiger partial charge in [0.05, 0.1) is 5.52 Å². The van der Waals surface area contributed by atoms with Gasteiger partial charge in [-0.05, 0) is 28.8 Å². The van der Waals surface area contributed by atoms with Gasteiger partial charge in [-0.25, -0.2) is 9.97 Å².